The molecule has 1 unspecified atom stereocenters. The molecule has 0 spiro atoms. The minimum atomic E-state index is -0.640. The van der Waals surface area contributed by atoms with E-state index in [0.29, 0.717) is 34.6 Å². The molecule has 10 heteroatoms. The number of nitrogens with zero attached hydrogens (tertiary/aromatic N) is 4. The normalized spacial score (nSPS) is 14.8. The van der Waals surface area contributed by atoms with Gasteiger partial charge in [0.2, 0.25) is 5.91 Å². The van der Waals surface area contributed by atoms with E-state index in [1.807, 2.05) is 24.1 Å². The van der Waals surface area contributed by atoms with Crippen LogP contribution in [0.4, 0.5) is 11.5 Å². The van der Waals surface area contributed by atoms with E-state index in [9.17, 15) is 9.59 Å². The SMILES string of the molecule is CN(Cc1ncc(C(=O)NC(CC2CCCCC2)C(=O)Nc2ccccn2)s1)c1cncc(Cl)c1. The van der Waals surface area contributed by atoms with Gasteiger partial charge in [-0.2, -0.15) is 0 Å². The first-order valence-electron chi connectivity index (χ1n) is 11.8. The molecular formula is C25H29ClN6O2S. The molecule has 35 heavy (non-hydrogen) atoms. The van der Waals surface area contributed by atoms with E-state index in [1.54, 1.807) is 36.9 Å². The summed E-state index contributed by atoms with van der Waals surface area (Å²) in [6, 6.07) is 6.52. The third-order valence-electron chi connectivity index (χ3n) is 6.11. The lowest BCUT2D eigenvalue weighted by Crippen LogP contribution is -2.45. The van der Waals surface area contributed by atoms with Crippen LogP contribution in [0.2, 0.25) is 5.02 Å². The summed E-state index contributed by atoms with van der Waals surface area (Å²) >= 11 is 7.35. The zero-order chi connectivity index (χ0) is 24.6. The maximum absolute atomic E-state index is 13.1. The first-order chi connectivity index (χ1) is 17.0. The van der Waals surface area contributed by atoms with Crippen molar-refractivity contribution in [3.63, 3.8) is 0 Å². The summed E-state index contributed by atoms with van der Waals surface area (Å²) in [7, 11) is 1.91. The van der Waals surface area contributed by atoms with Crippen LogP contribution < -0.4 is 15.5 Å². The number of nitrogens with one attached hydrogen (secondary N) is 2. The number of hydrogen-bond donors (Lipinski definition) is 2. The van der Waals surface area contributed by atoms with Gasteiger partial charge < -0.3 is 15.5 Å². The molecule has 1 saturated carbocycles. The van der Waals surface area contributed by atoms with Gasteiger partial charge in [-0.05, 0) is 30.5 Å². The summed E-state index contributed by atoms with van der Waals surface area (Å²) in [5.74, 6) is 0.345. The van der Waals surface area contributed by atoms with Crippen molar-refractivity contribution in [2.45, 2.75) is 51.1 Å². The van der Waals surface area contributed by atoms with Crippen molar-refractivity contribution in [3.05, 3.63) is 64.0 Å². The second kappa shape index (κ2) is 12.1. The number of carbonyl (C=O) groups excluding carboxylic acids is 2. The molecule has 0 aliphatic heterocycles. The highest BCUT2D eigenvalue weighted by Crippen LogP contribution is 2.28. The van der Waals surface area contributed by atoms with E-state index in [2.05, 4.69) is 25.6 Å². The molecule has 2 amide bonds. The molecule has 4 rings (SSSR count). The van der Waals surface area contributed by atoms with Gasteiger partial charge in [0.1, 0.15) is 21.7 Å². The summed E-state index contributed by atoms with van der Waals surface area (Å²) in [5, 5.41) is 7.13. The van der Waals surface area contributed by atoms with Gasteiger partial charge >= 0.3 is 0 Å². The molecule has 0 aromatic carbocycles. The maximum Gasteiger partial charge on any atom is 0.263 e. The molecule has 8 nitrogen and oxygen atoms in total. The third-order valence-corrected chi connectivity index (χ3v) is 7.30. The van der Waals surface area contributed by atoms with Gasteiger partial charge in [0.25, 0.3) is 5.91 Å². The van der Waals surface area contributed by atoms with Gasteiger partial charge in [0, 0.05) is 19.4 Å². The van der Waals surface area contributed by atoms with Crippen LogP contribution in [0.3, 0.4) is 0 Å². The molecule has 2 N–H and O–H groups in total. The Kier molecular flexibility index (Phi) is 8.65. The zero-order valence-electron chi connectivity index (χ0n) is 19.6. The molecule has 3 heterocycles. The van der Waals surface area contributed by atoms with E-state index in [0.717, 1.165) is 23.5 Å². The Balaban J connectivity index is 1.42. The quantitative estimate of drug-likeness (QED) is 0.421. The average molecular weight is 513 g/mol. The average Bonchev–Trinajstić information content (AvgIpc) is 3.33. The first kappa shape index (κ1) is 25.1. The Bertz CT molecular complexity index is 1140. The van der Waals surface area contributed by atoms with Crippen LogP contribution in [0.25, 0.3) is 0 Å². The lowest BCUT2D eigenvalue weighted by atomic mass is 9.84. The van der Waals surface area contributed by atoms with Gasteiger partial charge in [-0.3, -0.25) is 14.6 Å². The highest BCUT2D eigenvalue weighted by atomic mass is 35.5. The zero-order valence-corrected chi connectivity index (χ0v) is 21.2. The van der Waals surface area contributed by atoms with Crippen LogP contribution in [0, 0.1) is 5.92 Å². The van der Waals surface area contributed by atoms with Crippen LogP contribution >= 0.6 is 22.9 Å². The molecule has 1 aliphatic carbocycles. The number of aromatic nitrogens is 3. The standard InChI is InChI=1S/C25H29ClN6O2S/c1-32(19-12-18(26)13-27-14-19)16-23-29-15-21(35-23)25(34)30-20(11-17-7-3-2-4-8-17)24(33)31-22-9-5-6-10-28-22/h5-6,9-10,12-15,17,20H,2-4,7-8,11,16H2,1H3,(H,30,34)(H,28,31,33). The fraction of sp³-hybridized carbons (Fsp3) is 0.400. The van der Waals surface area contributed by atoms with Gasteiger partial charge in [-0.15, -0.1) is 11.3 Å². The van der Waals surface area contributed by atoms with Crippen LogP contribution in [-0.2, 0) is 11.3 Å². The molecule has 184 valence electrons. The predicted octanol–water partition coefficient (Wildman–Crippen LogP) is 4.93. The summed E-state index contributed by atoms with van der Waals surface area (Å²) < 4.78 is 0. The molecule has 3 aromatic rings. The van der Waals surface area contributed by atoms with Crippen molar-refractivity contribution in [3.8, 4) is 0 Å². The van der Waals surface area contributed by atoms with Crippen LogP contribution in [-0.4, -0.2) is 39.9 Å². The van der Waals surface area contributed by atoms with Crippen LogP contribution in [0.1, 0.15) is 53.2 Å². The van der Waals surface area contributed by atoms with E-state index in [4.69, 9.17) is 11.6 Å². The molecule has 1 atom stereocenters. The number of thiazole rings is 1. The first-order valence-corrected chi connectivity index (χ1v) is 13.0. The topological polar surface area (TPSA) is 100 Å². The molecule has 1 fully saturated rings. The largest absolute Gasteiger partial charge is 0.367 e. The van der Waals surface area contributed by atoms with Crippen molar-refractivity contribution < 1.29 is 9.59 Å². The van der Waals surface area contributed by atoms with Gasteiger partial charge in [-0.1, -0.05) is 49.8 Å². The second-order valence-electron chi connectivity index (χ2n) is 8.81. The molecule has 1 aliphatic rings. The number of halogens is 1. The van der Waals surface area contributed by atoms with E-state index >= 15 is 0 Å². The van der Waals surface area contributed by atoms with E-state index < -0.39 is 6.04 Å². The molecule has 0 bridgehead atoms. The third kappa shape index (κ3) is 7.22. The van der Waals surface area contributed by atoms with Crippen molar-refractivity contribution in [2.24, 2.45) is 5.92 Å². The summed E-state index contributed by atoms with van der Waals surface area (Å²) in [5.41, 5.74) is 0.859. The Morgan fingerprint density at radius 2 is 2.00 bits per heavy atom. The van der Waals surface area contributed by atoms with Gasteiger partial charge in [0.15, 0.2) is 0 Å². The number of amides is 2. The Hall–Kier alpha value is -3.04. The monoisotopic (exact) mass is 512 g/mol. The molecule has 3 aromatic heterocycles. The fourth-order valence-corrected chi connectivity index (χ4v) is 5.30. The van der Waals surface area contributed by atoms with Crippen LogP contribution in [0.15, 0.2) is 49.1 Å². The van der Waals surface area contributed by atoms with Crippen molar-refractivity contribution in [1.82, 2.24) is 20.3 Å². The van der Waals surface area contributed by atoms with Crippen LogP contribution in [0.5, 0.6) is 0 Å². The summed E-state index contributed by atoms with van der Waals surface area (Å²) in [6.45, 7) is 0.506. The fourth-order valence-electron chi connectivity index (χ4n) is 4.26. The predicted molar refractivity (Wildman–Crippen MR) is 139 cm³/mol. The lowest BCUT2D eigenvalue weighted by molar-refractivity contribution is -0.118. The lowest BCUT2D eigenvalue weighted by Gasteiger charge is -2.26. The second-order valence-corrected chi connectivity index (χ2v) is 10.4. The Morgan fingerprint density at radius 3 is 2.74 bits per heavy atom. The van der Waals surface area contributed by atoms with E-state index in [-0.39, 0.29) is 11.8 Å². The highest BCUT2D eigenvalue weighted by Gasteiger charge is 2.27. The Labute approximate surface area is 214 Å². The number of rotatable bonds is 9. The molecule has 0 saturated heterocycles. The minimum absolute atomic E-state index is 0.249. The summed E-state index contributed by atoms with van der Waals surface area (Å²) in [4.78, 5) is 41.3. The number of carbonyl (C=O) groups is 2. The highest BCUT2D eigenvalue weighted by molar-refractivity contribution is 7.13. The number of pyridine rings is 2. The molecule has 0 radical (unpaired) electrons. The molecular weight excluding hydrogens is 484 g/mol. The van der Waals surface area contributed by atoms with Gasteiger partial charge in [0.05, 0.1) is 29.6 Å². The van der Waals surface area contributed by atoms with Crippen molar-refractivity contribution >= 4 is 46.3 Å². The summed E-state index contributed by atoms with van der Waals surface area (Å²) in [6.07, 6.45) is 12.8. The van der Waals surface area contributed by atoms with Gasteiger partial charge in [-0.25, -0.2) is 9.97 Å². The van der Waals surface area contributed by atoms with E-state index in [1.165, 1.54) is 30.6 Å². The minimum Gasteiger partial charge on any atom is -0.367 e. The van der Waals surface area contributed by atoms with Crippen molar-refractivity contribution in [2.75, 3.05) is 17.3 Å². The Morgan fingerprint density at radius 1 is 1.17 bits per heavy atom. The van der Waals surface area contributed by atoms with Crippen molar-refractivity contribution in [1.29, 1.82) is 0 Å². The maximum atomic E-state index is 13.1. The number of hydrogen-bond acceptors (Lipinski definition) is 7. The smallest absolute Gasteiger partial charge is 0.263 e. The number of anilines is 2.